The van der Waals surface area contributed by atoms with Crippen LogP contribution in [-0.2, 0) is 9.84 Å². The number of nitrogens with zero attached hydrogens (tertiary/aromatic N) is 2. The average Bonchev–Trinajstić information content (AvgIpc) is 2.28. The Morgan fingerprint density at radius 3 is 2.39 bits per heavy atom. The van der Waals surface area contributed by atoms with E-state index in [2.05, 4.69) is 9.97 Å². The number of nitrogens with two attached hydrogens (primary N) is 1. The van der Waals surface area contributed by atoms with Crippen molar-refractivity contribution < 1.29 is 8.42 Å². The standard InChI is InChI=1S/C11H10ClN3O2S/c1-18(16,17)9-6-14-11(13)15-10(9)7-2-4-8(12)5-3-7/h2-6H,1H3,(H2,13,14,15). The fourth-order valence-corrected chi connectivity index (χ4v) is 2.36. The molecule has 0 aliphatic carbocycles. The molecule has 1 aromatic heterocycles. The zero-order valence-corrected chi connectivity index (χ0v) is 11.0. The maximum atomic E-state index is 11.7. The minimum absolute atomic E-state index is 0.0207. The first-order chi connectivity index (χ1) is 8.38. The van der Waals surface area contributed by atoms with E-state index in [1.165, 1.54) is 6.20 Å². The third kappa shape index (κ3) is 2.60. The highest BCUT2D eigenvalue weighted by Crippen LogP contribution is 2.26. The molecule has 2 N–H and O–H groups in total. The first-order valence-corrected chi connectivity index (χ1v) is 7.23. The Labute approximate surface area is 110 Å². The first kappa shape index (κ1) is 12.8. The van der Waals surface area contributed by atoms with Crippen LogP contribution in [-0.4, -0.2) is 24.6 Å². The molecular weight excluding hydrogens is 274 g/mol. The van der Waals surface area contributed by atoms with E-state index in [0.717, 1.165) is 6.26 Å². The van der Waals surface area contributed by atoms with Gasteiger partial charge in [0.25, 0.3) is 0 Å². The molecule has 0 unspecified atom stereocenters. The second-order valence-corrected chi connectivity index (χ2v) is 6.14. The summed E-state index contributed by atoms with van der Waals surface area (Å²) in [5.74, 6) is 0.0207. The molecule has 94 valence electrons. The van der Waals surface area contributed by atoms with E-state index < -0.39 is 9.84 Å². The van der Waals surface area contributed by atoms with Crippen molar-refractivity contribution in [2.75, 3.05) is 12.0 Å². The lowest BCUT2D eigenvalue weighted by molar-refractivity contribution is 0.601. The normalized spacial score (nSPS) is 11.4. The number of hydrogen-bond acceptors (Lipinski definition) is 5. The molecule has 0 aliphatic heterocycles. The van der Waals surface area contributed by atoms with Crippen LogP contribution in [0.1, 0.15) is 0 Å². The van der Waals surface area contributed by atoms with E-state index in [4.69, 9.17) is 17.3 Å². The molecular formula is C11H10ClN3O2S. The number of halogens is 1. The number of benzene rings is 1. The lowest BCUT2D eigenvalue weighted by atomic mass is 10.1. The van der Waals surface area contributed by atoms with Gasteiger partial charge in [-0.15, -0.1) is 0 Å². The highest BCUT2D eigenvalue weighted by atomic mass is 35.5. The van der Waals surface area contributed by atoms with Gasteiger partial charge in [-0.2, -0.15) is 0 Å². The number of rotatable bonds is 2. The highest BCUT2D eigenvalue weighted by Gasteiger charge is 2.17. The van der Waals surface area contributed by atoms with Crippen molar-refractivity contribution in [1.82, 2.24) is 9.97 Å². The molecule has 0 aliphatic rings. The Morgan fingerprint density at radius 2 is 1.83 bits per heavy atom. The van der Waals surface area contributed by atoms with Gasteiger partial charge in [-0.1, -0.05) is 23.7 Å². The van der Waals surface area contributed by atoms with Crippen LogP contribution in [0, 0.1) is 0 Å². The van der Waals surface area contributed by atoms with E-state index in [1.807, 2.05) is 0 Å². The minimum atomic E-state index is -3.42. The van der Waals surface area contributed by atoms with Crippen LogP contribution in [0.4, 0.5) is 5.95 Å². The maximum Gasteiger partial charge on any atom is 0.220 e. The predicted molar refractivity (Wildman–Crippen MR) is 70.0 cm³/mol. The van der Waals surface area contributed by atoms with Gasteiger partial charge in [-0.3, -0.25) is 0 Å². The van der Waals surface area contributed by atoms with Gasteiger partial charge in [0.05, 0.1) is 11.9 Å². The molecule has 0 atom stereocenters. The molecule has 0 saturated carbocycles. The molecule has 0 fully saturated rings. The van der Waals surface area contributed by atoms with Crippen molar-refractivity contribution in [3.8, 4) is 11.3 Å². The molecule has 5 nitrogen and oxygen atoms in total. The summed E-state index contributed by atoms with van der Waals surface area (Å²) in [5, 5.41) is 0.557. The van der Waals surface area contributed by atoms with Crippen LogP contribution in [0.5, 0.6) is 0 Å². The van der Waals surface area contributed by atoms with Crippen molar-refractivity contribution in [2.24, 2.45) is 0 Å². The van der Waals surface area contributed by atoms with Crippen LogP contribution in [0.25, 0.3) is 11.3 Å². The average molecular weight is 284 g/mol. The summed E-state index contributed by atoms with van der Waals surface area (Å²) in [6.07, 6.45) is 2.31. The van der Waals surface area contributed by atoms with Crippen LogP contribution >= 0.6 is 11.6 Å². The molecule has 18 heavy (non-hydrogen) atoms. The summed E-state index contributed by atoms with van der Waals surface area (Å²) in [6.45, 7) is 0. The van der Waals surface area contributed by atoms with E-state index in [0.29, 0.717) is 10.6 Å². The second kappa shape index (κ2) is 4.55. The summed E-state index contributed by atoms with van der Waals surface area (Å²) in [6, 6.07) is 6.67. The van der Waals surface area contributed by atoms with Crippen molar-refractivity contribution in [2.45, 2.75) is 4.90 Å². The van der Waals surface area contributed by atoms with Crippen molar-refractivity contribution >= 4 is 27.4 Å². The summed E-state index contributed by atoms with van der Waals surface area (Å²) in [5.41, 5.74) is 6.39. The molecule has 2 aromatic rings. The Kier molecular flexibility index (Phi) is 3.23. The van der Waals surface area contributed by atoms with Crippen LogP contribution < -0.4 is 5.73 Å². The molecule has 1 heterocycles. The molecule has 0 radical (unpaired) electrons. The van der Waals surface area contributed by atoms with E-state index in [-0.39, 0.29) is 16.5 Å². The van der Waals surface area contributed by atoms with Gasteiger partial charge in [-0.05, 0) is 12.1 Å². The van der Waals surface area contributed by atoms with Crippen molar-refractivity contribution in [1.29, 1.82) is 0 Å². The molecule has 0 amide bonds. The molecule has 1 aromatic carbocycles. The van der Waals surface area contributed by atoms with E-state index in [1.54, 1.807) is 24.3 Å². The molecule has 7 heteroatoms. The Bertz CT molecular complexity index is 684. The Balaban J connectivity index is 2.69. The smallest absolute Gasteiger partial charge is 0.220 e. The topological polar surface area (TPSA) is 85.9 Å². The summed E-state index contributed by atoms with van der Waals surface area (Å²) in [4.78, 5) is 7.74. The fraction of sp³-hybridized carbons (Fsp3) is 0.0909. The van der Waals surface area contributed by atoms with Crippen LogP contribution in [0.2, 0.25) is 5.02 Å². The van der Waals surface area contributed by atoms with Gasteiger partial charge >= 0.3 is 0 Å². The molecule has 0 bridgehead atoms. The highest BCUT2D eigenvalue weighted by molar-refractivity contribution is 7.90. The minimum Gasteiger partial charge on any atom is -0.368 e. The van der Waals surface area contributed by atoms with E-state index >= 15 is 0 Å². The molecule has 0 spiro atoms. The predicted octanol–water partition coefficient (Wildman–Crippen LogP) is 1.78. The Hall–Kier alpha value is -1.66. The van der Waals surface area contributed by atoms with Crippen LogP contribution in [0.3, 0.4) is 0 Å². The van der Waals surface area contributed by atoms with E-state index in [9.17, 15) is 8.42 Å². The summed E-state index contributed by atoms with van der Waals surface area (Å²) >= 11 is 5.78. The monoisotopic (exact) mass is 283 g/mol. The molecule has 2 rings (SSSR count). The summed E-state index contributed by atoms with van der Waals surface area (Å²) in [7, 11) is -3.42. The quantitative estimate of drug-likeness (QED) is 0.908. The van der Waals surface area contributed by atoms with Gasteiger partial charge in [0.2, 0.25) is 5.95 Å². The van der Waals surface area contributed by atoms with Gasteiger partial charge in [0.1, 0.15) is 4.90 Å². The fourth-order valence-electron chi connectivity index (χ4n) is 1.47. The summed E-state index contributed by atoms with van der Waals surface area (Å²) < 4.78 is 23.3. The van der Waals surface area contributed by atoms with Crippen LogP contribution in [0.15, 0.2) is 35.4 Å². The first-order valence-electron chi connectivity index (χ1n) is 4.96. The number of anilines is 1. The van der Waals surface area contributed by atoms with Gasteiger partial charge in [-0.25, -0.2) is 18.4 Å². The SMILES string of the molecule is CS(=O)(=O)c1cnc(N)nc1-c1ccc(Cl)cc1. The zero-order valence-electron chi connectivity index (χ0n) is 9.46. The number of nitrogen functional groups attached to an aromatic ring is 1. The number of hydrogen-bond donors (Lipinski definition) is 1. The van der Waals surface area contributed by atoms with Gasteiger partial charge in [0.15, 0.2) is 9.84 Å². The largest absolute Gasteiger partial charge is 0.368 e. The van der Waals surface area contributed by atoms with Crippen molar-refractivity contribution in [3.05, 3.63) is 35.5 Å². The zero-order chi connectivity index (χ0) is 13.3. The lowest BCUT2D eigenvalue weighted by Gasteiger charge is -2.07. The number of aromatic nitrogens is 2. The van der Waals surface area contributed by atoms with Crippen molar-refractivity contribution in [3.63, 3.8) is 0 Å². The molecule has 0 saturated heterocycles. The second-order valence-electron chi connectivity index (χ2n) is 3.72. The Morgan fingerprint density at radius 1 is 1.22 bits per heavy atom. The third-order valence-corrected chi connectivity index (χ3v) is 3.64. The maximum absolute atomic E-state index is 11.7. The lowest BCUT2D eigenvalue weighted by Crippen LogP contribution is -2.05. The van der Waals surface area contributed by atoms with Gasteiger partial charge in [0, 0.05) is 16.8 Å². The van der Waals surface area contributed by atoms with Gasteiger partial charge < -0.3 is 5.73 Å². The number of sulfone groups is 1. The third-order valence-electron chi connectivity index (χ3n) is 2.29.